The van der Waals surface area contributed by atoms with Gasteiger partial charge in [0, 0.05) is 0 Å². The molecule has 0 saturated carbocycles. The van der Waals surface area contributed by atoms with Crippen LogP contribution in [0, 0.1) is 0 Å². The van der Waals surface area contributed by atoms with Crippen molar-refractivity contribution < 1.29 is 19.0 Å². The summed E-state index contributed by atoms with van der Waals surface area (Å²) in [5, 5.41) is 0. The molecule has 0 radical (unpaired) electrons. The first kappa shape index (κ1) is 18.0. The Kier molecular flexibility index (Phi) is 4.92. The van der Waals surface area contributed by atoms with Crippen molar-refractivity contribution >= 4 is 6.09 Å². The number of hydrogen-bond acceptors (Lipinski definition) is 4. The lowest BCUT2D eigenvalue weighted by molar-refractivity contribution is -0.166. The van der Waals surface area contributed by atoms with Gasteiger partial charge in [-0.15, -0.1) is 13.2 Å². The number of likely N-dealkylation sites (tertiary alicyclic amines) is 1. The van der Waals surface area contributed by atoms with Crippen molar-refractivity contribution in [2.45, 2.75) is 83.1 Å². The van der Waals surface area contributed by atoms with Crippen LogP contribution in [0.3, 0.4) is 0 Å². The summed E-state index contributed by atoms with van der Waals surface area (Å²) in [6.45, 7) is 17.0. The molecule has 130 valence electrons. The van der Waals surface area contributed by atoms with Crippen LogP contribution in [-0.2, 0) is 14.2 Å². The molecule has 4 atom stereocenters. The van der Waals surface area contributed by atoms with E-state index in [1.807, 2.05) is 46.8 Å². The van der Waals surface area contributed by atoms with E-state index in [0.29, 0.717) is 12.8 Å². The zero-order chi connectivity index (χ0) is 17.4. The van der Waals surface area contributed by atoms with Gasteiger partial charge in [0.15, 0.2) is 5.79 Å². The summed E-state index contributed by atoms with van der Waals surface area (Å²) < 4.78 is 17.7. The molecule has 5 nitrogen and oxygen atoms in total. The van der Waals surface area contributed by atoms with Gasteiger partial charge in [0.1, 0.15) is 17.8 Å². The Balaban J connectivity index is 2.31. The second-order valence-electron chi connectivity index (χ2n) is 7.64. The van der Waals surface area contributed by atoms with Crippen LogP contribution >= 0.6 is 0 Å². The predicted molar refractivity (Wildman–Crippen MR) is 89.1 cm³/mol. The predicted octanol–water partition coefficient (Wildman–Crippen LogP) is 3.65. The standard InChI is InChI=1S/C18H29NO4/c1-8-10-12-14-15(22-18(6,7)21-14)13(11-9-2)19(12)16(20)23-17(3,4)5/h8-9,12-15H,1-2,10-11H2,3-7H3/t12-,13+,14-,15+. The molecule has 2 aliphatic rings. The van der Waals surface area contributed by atoms with E-state index in [0.717, 1.165) is 0 Å². The molecule has 2 saturated heterocycles. The summed E-state index contributed by atoms with van der Waals surface area (Å²) >= 11 is 0. The number of nitrogens with zero attached hydrogens (tertiary/aromatic N) is 1. The molecule has 0 spiro atoms. The highest BCUT2D eigenvalue weighted by Crippen LogP contribution is 2.43. The minimum atomic E-state index is -0.645. The van der Waals surface area contributed by atoms with Gasteiger partial charge in [-0.3, -0.25) is 4.90 Å². The Morgan fingerprint density at radius 3 is 1.91 bits per heavy atom. The van der Waals surface area contributed by atoms with Crippen LogP contribution < -0.4 is 0 Å². The zero-order valence-electron chi connectivity index (χ0n) is 14.9. The summed E-state index contributed by atoms with van der Waals surface area (Å²) in [7, 11) is 0. The number of hydrogen-bond donors (Lipinski definition) is 0. The van der Waals surface area contributed by atoms with Crippen molar-refractivity contribution in [1.29, 1.82) is 0 Å². The molecule has 0 aromatic carbocycles. The first-order valence-corrected chi connectivity index (χ1v) is 8.18. The van der Waals surface area contributed by atoms with Gasteiger partial charge >= 0.3 is 6.09 Å². The normalized spacial score (nSPS) is 32.5. The molecule has 2 heterocycles. The Morgan fingerprint density at radius 1 is 1.13 bits per heavy atom. The zero-order valence-corrected chi connectivity index (χ0v) is 14.9. The van der Waals surface area contributed by atoms with E-state index in [2.05, 4.69) is 13.2 Å². The van der Waals surface area contributed by atoms with Crippen LogP contribution in [0.1, 0.15) is 47.5 Å². The molecule has 0 aromatic heterocycles. The maximum Gasteiger partial charge on any atom is 0.410 e. The molecule has 23 heavy (non-hydrogen) atoms. The van der Waals surface area contributed by atoms with Crippen LogP contribution in [0.2, 0.25) is 0 Å². The highest BCUT2D eigenvalue weighted by Gasteiger charge is 2.58. The number of amides is 1. The summed E-state index contributed by atoms with van der Waals surface area (Å²) in [6.07, 6.45) is 4.19. The van der Waals surface area contributed by atoms with E-state index < -0.39 is 11.4 Å². The van der Waals surface area contributed by atoms with Crippen molar-refractivity contribution in [2.75, 3.05) is 0 Å². The van der Waals surface area contributed by atoms with Crippen molar-refractivity contribution in [3.05, 3.63) is 25.3 Å². The van der Waals surface area contributed by atoms with E-state index in [9.17, 15) is 4.79 Å². The molecule has 0 unspecified atom stereocenters. The number of ether oxygens (including phenoxy) is 3. The highest BCUT2D eigenvalue weighted by atomic mass is 16.8. The third-order valence-corrected chi connectivity index (χ3v) is 4.06. The first-order valence-electron chi connectivity index (χ1n) is 8.18. The lowest BCUT2D eigenvalue weighted by Gasteiger charge is -2.35. The third-order valence-electron chi connectivity index (χ3n) is 4.06. The molecule has 0 aliphatic carbocycles. The average Bonchev–Trinajstić information content (AvgIpc) is 2.82. The topological polar surface area (TPSA) is 48.0 Å². The maximum absolute atomic E-state index is 12.7. The minimum Gasteiger partial charge on any atom is -0.444 e. The molecule has 2 aliphatic heterocycles. The molecule has 2 rings (SSSR count). The van der Waals surface area contributed by atoms with E-state index in [-0.39, 0.29) is 30.4 Å². The highest BCUT2D eigenvalue weighted by molar-refractivity contribution is 5.70. The quantitative estimate of drug-likeness (QED) is 0.741. The van der Waals surface area contributed by atoms with Crippen LogP contribution in [0.15, 0.2) is 25.3 Å². The summed E-state index contributed by atoms with van der Waals surface area (Å²) in [5.41, 5.74) is -0.548. The van der Waals surface area contributed by atoms with Gasteiger partial charge in [0.25, 0.3) is 0 Å². The van der Waals surface area contributed by atoms with Gasteiger partial charge in [-0.05, 0) is 47.5 Å². The summed E-state index contributed by atoms with van der Waals surface area (Å²) in [6, 6.07) is -0.279. The van der Waals surface area contributed by atoms with E-state index in [1.165, 1.54) is 0 Å². The van der Waals surface area contributed by atoms with Crippen molar-refractivity contribution in [3.63, 3.8) is 0 Å². The van der Waals surface area contributed by atoms with Crippen LogP contribution in [0.4, 0.5) is 4.79 Å². The van der Waals surface area contributed by atoms with Gasteiger partial charge in [-0.2, -0.15) is 0 Å². The molecule has 5 heteroatoms. The van der Waals surface area contributed by atoms with Gasteiger partial charge in [0.2, 0.25) is 0 Å². The van der Waals surface area contributed by atoms with E-state index in [4.69, 9.17) is 14.2 Å². The Bertz CT molecular complexity index is 452. The second-order valence-corrected chi connectivity index (χ2v) is 7.64. The number of rotatable bonds is 4. The minimum absolute atomic E-state index is 0.140. The summed E-state index contributed by atoms with van der Waals surface area (Å²) in [5.74, 6) is -0.645. The fourth-order valence-corrected chi connectivity index (χ4v) is 3.40. The molecular formula is C18H29NO4. The van der Waals surface area contributed by atoms with Crippen LogP contribution in [0.25, 0.3) is 0 Å². The van der Waals surface area contributed by atoms with Crippen molar-refractivity contribution in [2.24, 2.45) is 0 Å². The Labute approximate surface area is 139 Å². The molecule has 0 aromatic rings. The van der Waals surface area contributed by atoms with E-state index >= 15 is 0 Å². The summed E-state index contributed by atoms with van der Waals surface area (Å²) in [4.78, 5) is 14.5. The maximum atomic E-state index is 12.7. The second kappa shape index (κ2) is 6.29. The fraction of sp³-hybridized carbons (Fsp3) is 0.722. The lowest BCUT2D eigenvalue weighted by atomic mass is 10.0. The molecular weight excluding hydrogens is 294 g/mol. The van der Waals surface area contributed by atoms with E-state index in [1.54, 1.807) is 4.90 Å². The third kappa shape index (κ3) is 3.78. The van der Waals surface area contributed by atoms with Crippen molar-refractivity contribution in [1.82, 2.24) is 4.90 Å². The molecule has 1 amide bonds. The number of fused-ring (bicyclic) bond motifs is 1. The fourth-order valence-electron chi connectivity index (χ4n) is 3.40. The monoisotopic (exact) mass is 323 g/mol. The Hall–Kier alpha value is -1.33. The first-order chi connectivity index (χ1) is 10.6. The van der Waals surface area contributed by atoms with Gasteiger partial charge in [-0.1, -0.05) is 12.2 Å². The number of carbonyl (C=O) groups is 1. The average molecular weight is 323 g/mol. The largest absolute Gasteiger partial charge is 0.444 e. The lowest BCUT2D eigenvalue weighted by Crippen LogP contribution is -2.48. The molecule has 0 N–H and O–H groups in total. The SMILES string of the molecule is C=CC[C@@H]1[C@H]2OC(C)(C)O[C@H]2[C@H](CC=C)N1C(=O)OC(C)(C)C. The van der Waals surface area contributed by atoms with Crippen LogP contribution in [-0.4, -0.2) is 46.7 Å². The Morgan fingerprint density at radius 2 is 1.57 bits per heavy atom. The van der Waals surface area contributed by atoms with Gasteiger partial charge in [-0.25, -0.2) is 4.79 Å². The smallest absolute Gasteiger partial charge is 0.410 e. The number of carbonyl (C=O) groups excluding carboxylic acids is 1. The molecule has 0 bridgehead atoms. The molecule has 2 fully saturated rings. The van der Waals surface area contributed by atoms with Crippen LogP contribution in [0.5, 0.6) is 0 Å². The van der Waals surface area contributed by atoms with Gasteiger partial charge in [0.05, 0.1) is 12.1 Å². The van der Waals surface area contributed by atoms with Crippen molar-refractivity contribution in [3.8, 4) is 0 Å². The van der Waals surface area contributed by atoms with Gasteiger partial charge < -0.3 is 14.2 Å².